The van der Waals surface area contributed by atoms with Gasteiger partial charge < -0.3 is 5.32 Å². The van der Waals surface area contributed by atoms with Gasteiger partial charge in [-0.2, -0.15) is 5.10 Å². The van der Waals surface area contributed by atoms with E-state index in [-0.39, 0.29) is 10.6 Å². The molecule has 1 aromatic carbocycles. The molecule has 96 valence electrons. The molecular weight excluding hydrogens is 232 g/mol. The molecule has 1 N–H and O–H groups in total. The van der Waals surface area contributed by atoms with E-state index in [2.05, 4.69) is 17.3 Å². The Labute approximate surface area is 105 Å². The van der Waals surface area contributed by atoms with Gasteiger partial charge in [-0.15, -0.1) is 0 Å². The van der Waals surface area contributed by atoms with Crippen LogP contribution in [0.1, 0.15) is 6.92 Å². The Kier molecular flexibility index (Phi) is 3.57. The van der Waals surface area contributed by atoms with Crippen molar-refractivity contribution in [2.45, 2.75) is 13.5 Å². The molecule has 0 saturated heterocycles. The van der Waals surface area contributed by atoms with Crippen LogP contribution in [-0.4, -0.2) is 28.3 Å². The van der Waals surface area contributed by atoms with E-state index in [4.69, 9.17) is 0 Å². The molecule has 18 heavy (non-hydrogen) atoms. The standard InChI is InChI=1S/C12H16N4O2/c1-9(6-13-2)8-15-12-5-11(16(17)18)4-3-10(12)7-14-15/h3-5,7,9,13H,6,8H2,1-2H3. The number of nitro groups is 1. The first-order chi connectivity index (χ1) is 8.61. The Hall–Kier alpha value is -1.95. The normalized spacial score (nSPS) is 12.8. The van der Waals surface area contributed by atoms with E-state index in [0.717, 1.165) is 24.0 Å². The Morgan fingerprint density at radius 2 is 2.33 bits per heavy atom. The molecule has 0 aliphatic carbocycles. The van der Waals surface area contributed by atoms with E-state index in [1.807, 2.05) is 11.7 Å². The summed E-state index contributed by atoms with van der Waals surface area (Å²) >= 11 is 0. The van der Waals surface area contributed by atoms with Crippen molar-refractivity contribution in [1.29, 1.82) is 0 Å². The molecule has 2 aromatic rings. The Morgan fingerprint density at radius 3 is 3.00 bits per heavy atom. The summed E-state index contributed by atoms with van der Waals surface area (Å²) < 4.78 is 1.82. The molecule has 0 amide bonds. The van der Waals surface area contributed by atoms with Crippen LogP contribution in [0.5, 0.6) is 0 Å². The topological polar surface area (TPSA) is 73.0 Å². The van der Waals surface area contributed by atoms with Gasteiger partial charge >= 0.3 is 0 Å². The van der Waals surface area contributed by atoms with Crippen LogP contribution in [0.4, 0.5) is 5.69 Å². The van der Waals surface area contributed by atoms with Crippen LogP contribution in [0.15, 0.2) is 24.4 Å². The minimum absolute atomic E-state index is 0.102. The van der Waals surface area contributed by atoms with Crippen LogP contribution in [0.2, 0.25) is 0 Å². The van der Waals surface area contributed by atoms with E-state index in [9.17, 15) is 10.1 Å². The summed E-state index contributed by atoms with van der Waals surface area (Å²) in [7, 11) is 1.91. The van der Waals surface area contributed by atoms with Gasteiger partial charge in [-0.1, -0.05) is 6.92 Å². The van der Waals surface area contributed by atoms with Crippen molar-refractivity contribution in [2.24, 2.45) is 5.92 Å². The highest BCUT2D eigenvalue weighted by Gasteiger charge is 2.11. The van der Waals surface area contributed by atoms with E-state index in [1.54, 1.807) is 18.3 Å². The third-order valence-electron chi connectivity index (χ3n) is 2.88. The number of fused-ring (bicyclic) bond motifs is 1. The molecule has 1 atom stereocenters. The van der Waals surface area contributed by atoms with Crippen LogP contribution in [-0.2, 0) is 6.54 Å². The fourth-order valence-corrected chi connectivity index (χ4v) is 2.03. The number of nitrogens with one attached hydrogen (secondary N) is 1. The van der Waals surface area contributed by atoms with Gasteiger partial charge in [0.25, 0.3) is 5.69 Å². The van der Waals surface area contributed by atoms with Crippen LogP contribution in [0.25, 0.3) is 10.9 Å². The molecule has 0 saturated carbocycles. The van der Waals surface area contributed by atoms with Crippen molar-refractivity contribution in [3.63, 3.8) is 0 Å². The Morgan fingerprint density at radius 1 is 1.56 bits per heavy atom. The quantitative estimate of drug-likeness (QED) is 0.646. The highest BCUT2D eigenvalue weighted by atomic mass is 16.6. The summed E-state index contributed by atoms with van der Waals surface area (Å²) in [6, 6.07) is 4.82. The van der Waals surface area contributed by atoms with E-state index < -0.39 is 0 Å². The zero-order chi connectivity index (χ0) is 13.1. The predicted octanol–water partition coefficient (Wildman–Crippen LogP) is 1.80. The van der Waals surface area contributed by atoms with Crippen molar-refractivity contribution in [2.75, 3.05) is 13.6 Å². The first-order valence-corrected chi connectivity index (χ1v) is 5.86. The largest absolute Gasteiger partial charge is 0.319 e. The number of hydrogen-bond acceptors (Lipinski definition) is 4. The van der Waals surface area contributed by atoms with Gasteiger partial charge in [-0.05, 0) is 25.6 Å². The van der Waals surface area contributed by atoms with Crippen LogP contribution in [0, 0.1) is 16.0 Å². The van der Waals surface area contributed by atoms with Crippen molar-refractivity contribution in [3.05, 3.63) is 34.5 Å². The molecule has 6 heteroatoms. The van der Waals surface area contributed by atoms with Gasteiger partial charge in [0.1, 0.15) is 0 Å². The summed E-state index contributed by atoms with van der Waals surface area (Å²) in [4.78, 5) is 10.4. The van der Waals surface area contributed by atoms with Crippen LogP contribution < -0.4 is 5.32 Å². The van der Waals surface area contributed by atoms with Crippen molar-refractivity contribution >= 4 is 16.6 Å². The van der Waals surface area contributed by atoms with E-state index in [0.29, 0.717) is 5.92 Å². The maximum atomic E-state index is 10.8. The van der Waals surface area contributed by atoms with Gasteiger partial charge in [0, 0.05) is 24.1 Å². The number of rotatable bonds is 5. The fourth-order valence-electron chi connectivity index (χ4n) is 2.03. The van der Waals surface area contributed by atoms with Gasteiger partial charge in [0.05, 0.1) is 16.6 Å². The molecule has 0 bridgehead atoms. The molecular formula is C12H16N4O2. The molecule has 0 spiro atoms. The molecule has 1 unspecified atom stereocenters. The maximum Gasteiger partial charge on any atom is 0.271 e. The van der Waals surface area contributed by atoms with Gasteiger partial charge in [0.15, 0.2) is 0 Å². The monoisotopic (exact) mass is 248 g/mol. The fraction of sp³-hybridized carbons (Fsp3) is 0.417. The molecule has 2 rings (SSSR count). The number of nitrogens with zero attached hydrogens (tertiary/aromatic N) is 3. The highest BCUT2D eigenvalue weighted by Crippen LogP contribution is 2.21. The molecule has 6 nitrogen and oxygen atoms in total. The third kappa shape index (κ3) is 2.48. The lowest BCUT2D eigenvalue weighted by Gasteiger charge is -2.11. The maximum absolute atomic E-state index is 10.8. The molecule has 0 aliphatic heterocycles. The number of aromatic nitrogens is 2. The van der Waals surface area contributed by atoms with Gasteiger partial charge in [-0.3, -0.25) is 14.8 Å². The molecule has 1 heterocycles. The minimum atomic E-state index is -0.381. The second-order valence-corrected chi connectivity index (χ2v) is 4.49. The average molecular weight is 248 g/mol. The number of nitro benzene ring substituents is 1. The highest BCUT2D eigenvalue weighted by molar-refractivity contribution is 5.80. The Balaban J connectivity index is 2.33. The Bertz CT molecular complexity index is 564. The van der Waals surface area contributed by atoms with Gasteiger partial charge in [0.2, 0.25) is 0 Å². The smallest absolute Gasteiger partial charge is 0.271 e. The second-order valence-electron chi connectivity index (χ2n) is 4.49. The van der Waals surface area contributed by atoms with Crippen molar-refractivity contribution in [3.8, 4) is 0 Å². The SMILES string of the molecule is CNCC(C)Cn1ncc2ccc([N+](=O)[O-])cc21. The zero-order valence-corrected chi connectivity index (χ0v) is 10.5. The van der Waals surface area contributed by atoms with Crippen molar-refractivity contribution < 1.29 is 4.92 Å². The lowest BCUT2D eigenvalue weighted by atomic mass is 10.2. The number of hydrogen-bond donors (Lipinski definition) is 1. The van der Waals surface area contributed by atoms with E-state index >= 15 is 0 Å². The minimum Gasteiger partial charge on any atom is -0.319 e. The number of benzene rings is 1. The summed E-state index contributed by atoms with van der Waals surface area (Å²) in [6.07, 6.45) is 1.74. The summed E-state index contributed by atoms with van der Waals surface area (Å²) in [5, 5.41) is 19.1. The number of non-ortho nitro benzene ring substituents is 1. The van der Waals surface area contributed by atoms with Crippen LogP contribution in [0.3, 0.4) is 0 Å². The molecule has 1 aromatic heterocycles. The molecule has 0 fully saturated rings. The molecule has 0 radical (unpaired) electrons. The zero-order valence-electron chi connectivity index (χ0n) is 10.5. The first-order valence-electron chi connectivity index (χ1n) is 5.86. The van der Waals surface area contributed by atoms with E-state index in [1.165, 1.54) is 6.07 Å². The third-order valence-corrected chi connectivity index (χ3v) is 2.88. The summed E-state index contributed by atoms with van der Waals surface area (Å²) in [5.41, 5.74) is 0.915. The van der Waals surface area contributed by atoms with Crippen LogP contribution >= 0.6 is 0 Å². The predicted molar refractivity (Wildman–Crippen MR) is 69.5 cm³/mol. The lowest BCUT2D eigenvalue weighted by molar-refractivity contribution is -0.384. The van der Waals surface area contributed by atoms with Gasteiger partial charge in [-0.25, -0.2) is 0 Å². The summed E-state index contributed by atoms with van der Waals surface area (Å²) in [5.74, 6) is 0.414. The van der Waals surface area contributed by atoms with Crippen molar-refractivity contribution in [1.82, 2.24) is 15.1 Å². The first kappa shape index (κ1) is 12.5. The summed E-state index contributed by atoms with van der Waals surface area (Å²) in [6.45, 7) is 3.74. The average Bonchev–Trinajstić information content (AvgIpc) is 2.72. The lowest BCUT2D eigenvalue weighted by Crippen LogP contribution is -2.21. The second kappa shape index (κ2) is 5.14. The molecule has 0 aliphatic rings.